The summed E-state index contributed by atoms with van der Waals surface area (Å²) in [5.74, 6) is 0.215. The summed E-state index contributed by atoms with van der Waals surface area (Å²) in [5.41, 5.74) is 0.655. The summed E-state index contributed by atoms with van der Waals surface area (Å²) in [6.45, 7) is 2.47. The summed E-state index contributed by atoms with van der Waals surface area (Å²) in [5, 5.41) is 0.207. The summed E-state index contributed by atoms with van der Waals surface area (Å²) in [6.07, 6.45) is 3.37. The number of thioether (sulfide) groups is 1. The van der Waals surface area contributed by atoms with Crippen molar-refractivity contribution in [1.82, 2.24) is 4.90 Å². The van der Waals surface area contributed by atoms with Gasteiger partial charge in [-0.05, 0) is 36.4 Å². The van der Waals surface area contributed by atoms with E-state index in [0.29, 0.717) is 27.8 Å². The average Bonchev–Trinajstić information content (AvgIpc) is 2.71. The molecule has 1 saturated heterocycles. The van der Waals surface area contributed by atoms with Gasteiger partial charge < -0.3 is 4.74 Å². The van der Waals surface area contributed by atoms with Gasteiger partial charge in [0.2, 0.25) is 0 Å². The van der Waals surface area contributed by atoms with E-state index in [-0.39, 0.29) is 11.1 Å². The SMILES string of the molecule is CCCCN1C(=O)S/C(=C\c2cc(Br)cc(Cl)c2OC)C1=O. The standard InChI is InChI=1S/C15H15BrClNO3S/c1-3-4-5-18-14(19)12(22-15(18)20)7-9-6-10(16)8-11(17)13(9)21-2/h6-8H,3-5H2,1-2H3/b12-7-. The van der Waals surface area contributed by atoms with Crippen LogP contribution in [0.4, 0.5) is 4.79 Å². The van der Waals surface area contributed by atoms with Crippen molar-refractivity contribution in [2.24, 2.45) is 0 Å². The largest absolute Gasteiger partial charge is 0.495 e. The number of nitrogens with zero attached hydrogens (tertiary/aromatic N) is 1. The number of hydrogen-bond donors (Lipinski definition) is 0. The van der Waals surface area contributed by atoms with Gasteiger partial charge >= 0.3 is 0 Å². The van der Waals surface area contributed by atoms with E-state index in [4.69, 9.17) is 16.3 Å². The van der Waals surface area contributed by atoms with E-state index in [2.05, 4.69) is 15.9 Å². The highest BCUT2D eigenvalue weighted by molar-refractivity contribution is 9.10. The molecule has 0 spiro atoms. The molecule has 118 valence electrons. The highest BCUT2D eigenvalue weighted by Gasteiger charge is 2.34. The van der Waals surface area contributed by atoms with Crippen molar-refractivity contribution in [3.63, 3.8) is 0 Å². The lowest BCUT2D eigenvalue weighted by atomic mass is 10.2. The van der Waals surface area contributed by atoms with E-state index in [1.165, 1.54) is 12.0 Å². The lowest BCUT2D eigenvalue weighted by Gasteiger charge is -2.11. The van der Waals surface area contributed by atoms with Crippen LogP contribution in [-0.4, -0.2) is 29.7 Å². The maximum Gasteiger partial charge on any atom is 0.293 e. The van der Waals surface area contributed by atoms with Crippen LogP contribution in [0.1, 0.15) is 25.3 Å². The van der Waals surface area contributed by atoms with Gasteiger partial charge in [-0.2, -0.15) is 0 Å². The fourth-order valence-electron chi connectivity index (χ4n) is 2.05. The Morgan fingerprint density at radius 2 is 2.14 bits per heavy atom. The minimum atomic E-state index is -0.262. The normalized spacial score (nSPS) is 16.7. The van der Waals surface area contributed by atoms with Crippen molar-refractivity contribution in [1.29, 1.82) is 0 Å². The molecule has 0 aromatic heterocycles. The van der Waals surface area contributed by atoms with Crippen LogP contribution in [0, 0.1) is 0 Å². The molecule has 1 aromatic carbocycles. The van der Waals surface area contributed by atoms with E-state index < -0.39 is 0 Å². The third-order valence-corrected chi connectivity index (χ3v) is 4.78. The van der Waals surface area contributed by atoms with Gasteiger partial charge in [-0.25, -0.2) is 0 Å². The summed E-state index contributed by atoms with van der Waals surface area (Å²) in [6, 6.07) is 3.51. The molecule has 1 aromatic rings. The molecule has 0 aliphatic carbocycles. The number of methoxy groups -OCH3 is 1. The highest BCUT2D eigenvalue weighted by Crippen LogP contribution is 2.37. The molecule has 2 amide bonds. The lowest BCUT2D eigenvalue weighted by Crippen LogP contribution is -2.29. The number of unbranched alkanes of at least 4 members (excludes halogenated alkanes) is 1. The number of hydrogen-bond acceptors (Lipinski definition) is 4. The van der Waals surface area contributed by atoms with Crippen LogP contribution in [0.25, 0.3) is 6.08 Å². The first-order valence-electron chi connectivity index (χ1n) is 6.76. The predicted molar refractivity (Wildman–Crippen MR) is 93.3 cm³/mol. The smallest absolute Gasteiger partial charge is 0.293 e. The summed E-state index contributed by atoms with van der Waals surface area (Å²) in [7, 11) is 1.51. The number of halogens is 2. The van der Waals surface area contributed by atoms with Crippen molar-refractivity contribution >= 4 is 56.5 Å². The fraction of sp³-hybridized carbons (Fsp3) is 0.333. The maximum absolute atomic E-state index is 12.3. The molecule has 0 saturated carbocycles. The van der Waals surface area contributed by atoms with Gasteiger partial charge in [-0.1, -0.05) is 40.9 Å². The van der Waals surface area contributed by atoms with Gasteiger partial charge in [0.05, 0.1) is 17.0 Å². The Kier molecular flexibility index (Phi) is 5.94. The van der Waals surface area contributed by atoms with Crippen molar-refractivity contribution in [2.75, 3.05) is 13.7 Å². The first-order chi connectivity index (χ1) is 10.5. The van der Waals surface area contributed by atoms with E-state index in [0.717, 1.165) is 29.1 Å². The molecule has 4 nitrogen and oxygen atoms in total. The van der Waals surface area contributed by atoms with E-state index in [1.807, 2.05) is 6.92 Å². The minimum Gasteiger partial charge on any atom is -0.495 e. The minimum absolute atomic E-state index is 0.232. The molecule has 1 fully saturated rings. The Balaban J connectivity index is 2.35. The topological polar surface area (TPSA) is 46.6 Å². The molecule has 1 heterocycles. The first kappa shape index (κ1) is 17.4. The lowest BCUT2D eigenvalue weighted by molar-refractivity contribution is -0.122. The Hall–Kier alpha value is -0.980. The molecule has 0 bridgehead atoms. The molecule has 7 heteroatoms. The van der Waals surface area contributed by atoms with E-state index in [9.17, 15) is 9.59 Å². The van der Waals surface area contributed by atoms with Crippen molar-refractivity contribution in [3.05, 3.63) is 32.1 Å². The van der Waals surface area contributed by atoms with Crippen LogP contribution in [0.3, 0.4) is 0 Å². The molecule has 22 heavy (non-hydrogen) atoms. The quantitative estimate of drug-likeness (QED) is 0.652. The Morgan fingerprint density at radius 3 is 2.77 bits per heavy atom. The number of amides is 2. The Labute approximate surface area is 147 Å². The van der Waals surface area contributed by atoms with Crippen LogP contribution in [0.5, 0.6) is 5.75 Å². The molecular formula is C15H15BrClNO3S. The molecule has 0 N–H and O–H groups in total. The Morgan fingerprint density at radius 1 is 1.41 bits per heavy atom. The number of ether oxygens (including phenoxy) is 1. The third kappa shape index (κ3) is 3.67. The second-order valence-electron chi connectivity index (χ2n) is 4.70. The van der Waals surface area contributed by atoms with Crippen LogP contribution >= 0.6 is 39.3 Å². The van der Waals surface area contributed by atoms with Crippen molar-refractivity contribution in [3.8, 4) is 5.75 Å². The number of benzene rings is 1. The van der Waals surface area contributed by atoms with Gasteiger partial charge in [0.1, 0.15) is 5.75 Å². The zero-order valence-electron chi connectivity index (χ0n) is 12.2. The van der Waals surface area contributed by atoms with Gasteiger partial charge in [0.25, 0.3) is 11.1 Å². The molecule has 0 radical (unpaired) electrons. The molecule has 1 aliphatic heterocycles. The van der Waals surface area contributed by atoms with Crippen LogP contribution in [-0.2, 0) is 4.79 Å². The maximum atomic E-state index is 12.3. The van der Waals surface area contributed by atoms with Crippen molar-refractivity contribution < 1.29 is 14.3 Å². The fourth-order valence-corrected chi connectivity index (χ4v) is 3.82. The zero-order chi connectivity index (χ0) is 16.3. The van der Waals surface area contributed by atoms with Crippen LogP contribution in [0.2, 0.25) is 5.02 Å². The molecule has 0 unspecified atom stereocenters. The summed E-state index contributed by atoms with van der Waals surface area (Å²) < 4.78 is 6.05. The van der Waals surface area contributed by atoms with Gasteiger partial charge in [-0.15, -0.1) is 0 Å². The number of rotatable bonds is 5. The Bertz CT molecular complexity index is 648. The zero-order valence-corrected chi connectivity index (χ0v) is 15.3. The molecule has 1 aliphatic rings. The van der Waals surface area contributed by atoms with Gasteiger partial charge in [0, 0.05) is 16.6 Å². The second-order valence-corrected chi connectivity index (χ2v) is 7.01. The first-order valence-corrected chi connectivity index (χ1v) is 8.75. The van der Waals surface area contributed by atoms with Crippen LogP contribution in [0.15, 0.2) is 21.5 Å². The number of carbonyl (C=O) groups excluding carboxylic acids is 2. The number of imide groups is 1. The molecule has 2 rings (SSSR count). The van der Waals surface area contributed by atoms with Crippen LogP contribution < -0.4 is 4.74 Å². The average molecular weight is 405 g/mol. The third-order valence-electron chi connectivity index (χ3n) is 3.14. The summed E-state index contributed by atoms with van der Waals surface area (Å²) in [4.78, 5) is 25.9. The molecule has 0 atom stereocenters. The highest BCUT2D eigenvalue weighted by atomic mass is 79.9. The summed E-state index contributed by atoms with van der Waals surface area (Å²) >= 11 is 10.4. The monoisotopic (exact) mass is 403 g/mol. The van der Waals surface area contributed by atoms with Crippen molar-refractivity contribution in [2.45, 2.75) is 19.8 Å². The molecular weight excluding hydrogens is 390 g/mol. The second kappa shape index (κ2) is 7.53. The predicted octanol–water partition coefficient (Wildman–Crippen LogP) is 4.95. The number of carbonyl (C=O) groups is 2. The van der Waals surface area contributed by atoms with E-state index in [1.54, 1.807) is 18.2 Å². The van der Waals surface area contributed by atoms with E-state index >= 15 is 0 Å². The van der Waals surface area contributed by atoms with Gasteiger partial charge in [-0.3, -0.25) is 14.5 Å². The van der Waals surface area contributed by atoms with Gasteiger partial charge in [0.15, 0.2) is 0 Å².